The summed E-state index contributed by atoms with van der Waals surface area (Å²) < 4.78 is 0. The predicted molar refractivity (Wildman–Crippen MR) is 100 cm³/mol. The fourth-order valence-corrected chi connectivity index (χ4v) is 2.61. The molecule has 0 radical (unpaired) electrons. The highest BCUT2D eigenvalue weighted by Crippen LogP contribution is 2.07. The van der Waals surface area contributed by atoms with Crippen molar-refractivity contribution in [1.29, 1.82) is 0 Å². The first-order valence-electron chi connectivity index (χ1n) is 6.93. The van der Waals surface area contributed by atoms with E-state index in [0.29, 0.717) is 12.0 Å². The molecule has 0 fully saturated rings. The molecule has 0 saturated carbocycles. The number of rotatable bonds is 8. The van der Waals surface area contributed by atoms with E-state index >= 15 is 0 Å². The van der Waals surface area contributed by atoms with Crippen molar-refractivity contribution in [3.63, 3.8) is 0 Å². The number of hydrogen-bond acceptors (Lipinski definition) is 3. The van der Waals surface area contributed by atoms with E-state index in [0.717, 1.165) is 32.6 Å². The molecule has 0 aromatic carbocycles. The first-order chi connectivity index (χ1) is 9.13. The van der Waals surface area contributed by atoms with Crippen molar-refractivity contribution in [2.45, 2.75) is 33.2 Å². The molecule has 0 saturated heterocycles. The number of halogens is 1. The van der Waals surface area contributed by atoms with Crippen LogP contribution in [0.3, 0.4) is 0 Å². The van der Waals surface area contributed by atoms with Gasteiger partial charge < -0.3 is 11.1 Å². The maximum Gasteiger partial charge on any atom is 0.188 e. The Kier molecular flexibility index (Phi) is 11.1. The molecule has 20 heavy (non-hydrogen) atoms. The van der Waals surface area contributed by atoms with Crippen LogP contribution in [0.15, 0.2) is 22.5 Å². The summed E-state index contributed by atoms with van der Waals surface area (Å²) in [6, 6.07) is 4.78. The third-order valence-electron chi connectivity index (χ3n) is 3.06. The largest absolute Gasteiger partial charge is 0.370 e. The normalized spacial score (nSPS) is 11.8. The summed E-state index contributed by atoms with van der Waals surface area (Å²) in [5.74, 6) is 0.552. The second-order valence-corrected chi connectivity index (χ2v) is 5.78. The Balaban J connectivity index is 0.00000361. The van der Waals surface area contributed by atoms with Gasteiger partial charge in [0.15, 0.2) is 5.96 Å². The molecule has 0 bridgehead atoms. The number of guanidine groups is 1. The molecule has 1 aromatic rings. The minimum atomic E-state index is 0. The highest BCUT2D eigenvalue weighted by Gasteiger charge is 2.05. The average Bonchev–Trinajstić information content (AvgIpc) is 2.87. The number of nitrogens with one attached hydrogen (secondary N) is 1. The van der Waals surface area contributed by atoms with Gasteiger partial charge in [-0.3, -0.25) is 9.89 Å². The van der Waals surface area contributed by atoms with Crippen LogP contribution in [0.1, 0.15) is 25.6 Å². The lowest BCUT2D eigenvalue weighted by atomic mass is 10.3. The molecule has 0 aliphatic rings. The van der Waals surface area contributed by atoms with Crippen LogP contribution in [0.4, 0.5) is 0 Å². The maximum atomic E-state index is 5.84. The molecule has 1 aromatic heterocycles. The van der Waals surface area contributed by atoms with Crippen LogP contribution in [0.2, 0.25) is 0 Å². The molecule has 0 spiro atoms. The summed E-state index contributed by atoms with van der Waals surface area (Å²) in [6.07, 6.45) is 1.00. The maximum absolute atomic E-state index is 5.84. The summed E-state index contributed by atoms with van der Waals surface area (Å²) in [7, 11) is 0. The summed E-state index contributed by atoms with van der Waals surface area (Å²) in [6.45, 7) is 10.2. The minimum absolute atomic E-state index is 0. The molecule has 116 valence electrons. The first kappa shape index (κ1) is 19.7. The molecule has 0 unspecified atom stereocenters. The van der Waals surface area contributed by atoms with E-state index in [2.05, 4.69) is 53.5 Å². The van der Waals surface area contributed by atoms with E-state index in [-0.39, 0.29) is 24.0 Å². The van der Waals surface area contributed by atoms with Gasteiger partial charge in [-0.2, -0.15) is 0 Å². The number of nitrogens with two attached hydrogens (primary N) is 1. The van der Waals surface area contributed by atoms with Gasteiger partial charge in [0, 0.05) is 24.0 Å². The summed E-state index contributed by atoms with van der Waals surface area (Å²) in [4.78, 5) is 8.11. The van der Waals surface area contributed by atoms with Crippen molar-refractivity contribution < 1.29 is 0 Å². The smallest absolute Gasteiger partial charge is 0.188 e. The van der Waals surface area contributed by atoms with E-state index in [1.165, 1.54) is 4.88 Å². The SMILES string of the molecule is CCN(CCN=C(N)NCCc1cccs1)C(C)C.I. The lowest BCUT2D eigenvalue weighted by Gasteiger charge is -2.23. The van der Waals surface area contributed by atoms with Gasteiger partial charge in [0.25, 0.3) is 0 Å². The lowest BCUT2D eigenvalue weighted by molar-refractivity contribution is 0.240. The van der Waals surface area contributed by atoms with Crippen molar-refractivity contribution in [3.8, 4) is 0 Å². The minimum Gasteiger partial charge on any atom is -0.370 e. The fraction of sp³-hybridized carbons (Fsp3) is 0.643. The van der Waals surface area contributed by atoms with Gasteiger partial charge >= 0.3 is 0 Å². The lowest BCUT2D eigenvalue weighted by Crippen LogP contribution is -2.36. The van der Waals surface area contributed by atoms with Crippen LogP contribution in [-0.4, -0.2) is 43.1 Å². The van der Waals surface area contributed by atoms with Crippen LogP contribution in [0.5, 0.6) is 0 Å². The summed E-state index contributed by atoms with van der Waals surface area (Å²) >= 11 is 1.78. The van der Waals surface area contributed by atoms with Crippen molar-refractivity contribution in [2.75, 3.05) is 26.2 Å². The highest BCUT2D eigenvalue weighted by atomic mass is 127. The Morgan fingerprint density at radius 2 is 2.25 bits per heavy atom. The molecule has 1 rings (SSSR count). The Bertz CT molecular complexity index is 365. The number of likely N-dealkylation sites (N-methyl/N-ethyl adjacent to an activating group) is 1. The molecule has 4 nitrogen and oxygen atoms in total. The molecule has 0 atom stereocenters. The molecule has 6 heteroatoms. The van der Waals surface area contributed by atoms with Gasteiger partial charge in [0.1, 0.15) is 0 Å². The molecule has 0 amide bonds. The van der Waals surface area contributed by atoms with Crippen LogP contribution < -0.4 is 11.1 Å². The molecule has 1 heterocycles. The van der Waals surface area contributed by atoms with E-state index < -0.39 is 0 Å². The van der Waals surface area contributed by atoms with Crippen LogP contribution >= 0.6 is 35.3 Å². The van der Waals surface area contributed by atoms with Crippen LogP contribution in [0, 0.1) is 0 Å². The van der Waals surface area contributed by atoms with E-state index in [1.807, 2.05) is 0 Å². The monoisotopic (exact) mass is 410 g/mol. The van der Waals surface area contributed by atoms with E-state index in [4.69, 9.17) is 5.73 Å². The molecular weight excluding hydrogens is 383 g/mol. The van der Waals surface area contributed by atoms with Gasteiger partial charge in [-0.05, 0) is 38.3 Å². The molecule has 0 aliphatic heterocycles. The third-order valence-corrected chi connectivity index (χ3v) is 4.00. The Labute approximate surface area is 143 Å². The summed E-state index contributed by atoms with van der Waals surface area (Å²) in [5.41, 5.74) is 5.84. The Morgan fingerprint density at radius 3 is 2.80 bits per heavy atom. The topological polar surface area (TPSA) is 53.6 Å². The molecule has 0 aliphatic carbocycles. The van der Waals surface area contributed by atoms with Crippen molar-refractivity contribution >= 4 is 41.3 Å². The fourth-order valence-electron chi connectivity index (χ4n) is 1.90. The van der Waals surface area contributed by atoms with Gasteiger partial charge in [-0.15, -0.1) is 35.3 Å². The van der Waals surface area contributed by atoms with Gasteiger partial charge in [-0.25, -0.2) is 0 Å². The molecule has 3 N–H and O–H groups in total. The van der Waals surface area contributed by atoms with E-state index in [9.17, 15) is 0 Å². The Morgan fingerprint density at radius 1 is 1.50 bits per heavy atom. The van der Waals surface area contributed by atoms with Gasteiger partial charge in [0.05, 0.1) is 6.54 Å². The van der Waals surface area contributed by atoms with Crippen molar-refractivity contribution in [2.24, 2.45) is 10.7 Å². The second-order valence-electron chi connectivity index (χ2n) is 4.75. The first-order valence-corrected chi connectivity index (χ1v) is 7.81. The number of aliphatic imine (C=N–C) groups is 1. The third kappa shape index (κ3) is 8.06. The van der Waals surface area contributed by atoms with Gasteiger partial charge in [-0.1, -0.05) is 13.0 Å². The molecular formula is C14H27IN4S. The van der Waals surface area contributed by atoms with Crippen molar-refractivity contribution in [3.05, 3.63) is 22.4 Å². The van der Waals surface area contributed by atoms with Crippen LogP contribution in [0.25, 0.3) is 0 Å². The van der Waals surface area contributed by atoms with Gasteiger partial charge in [0.2, 0.25) is 0 Å². The predicted octanol–water partition coefficient (Wildman–Crippen LogP) is 2.54. The Hall–Kier alpha value is -0.340. The highest BCUT2D eigenvalue weighted by molar-refractivity contribution is 14.0. The standard InChI is InChI=1S/C14H26N4S.HI/c1-4-18(12(2)3)10-9-17-14(15)16-8-7-13-6-5-11-19-13;/h5-6,11-12H,4,7-10H2,1-3H3,(H3,15,16,17);1H. The number of hydrogen-bond donors (Lipinski definition) is 2. The zero-order chi connectivity index (χ0) is 14.1. The van der Waals surface area contributed by atoms with E-state index in [1.54, 1.807) is 11.3 Å². The quantitative estimate of drug-likeness (QED) is 0.394. The zero-order valence-electron chi connectivity index (χ0n) is 12.6. The number of thiophene rings is 1. The second kappa shape index (κ2) is 11.3. The summed E-state index contributed by atoms with van der Waals surface area (Å²) in [5, 5.41) is 5.25. The average molecular weight is 410 g/mol. The van der Waals surface area contributed by atoms with Crippen LogP contribution in [-0.2, 0) is 6.42 Å². The van der Waals surface area contributed by atoms with Crippen molar-refractivity contribution in [1.82, 2.24) is 10.2 Å². The zero-order valence-corrected chi connectivity index (χ0v) is 15.8. The number of nitrogens with zero attached hydrogens (tertiary/aromatic N) is 2.